The summed E-state index contributed by atoms with van der Waals surface area (Å²) in [6.07, 6.45) is 3.64. The molecule has 1 unspecified atom stereocenters. The van der Waals surface area contributed by atoms with Gasteiger partial charge in [0.1, 0.15) is 0 Å². The minimum atomic E-state index is -0.373. The van der Waals surface area contributed by atoms with Crippen LogP contribution in [0.4, 0.5) is 5.69 Å². The summed E-state index contributed by atoms with van der Waals surface area (Å²) < 4.78 is 0. The maximum absolute atomic E-state index is 12.2. The predicted octanol–water partition coefficient (Wildman–Crippen LogP) is 1.64. The molecule has 1 saturated heterocycles. The summed E-state index contributed by atoms with van der Waals surface area (Å²) in [6.45, 7) is 2.45. The molecule has 1 aromatic rings. The molecule has 2 fully saturated rings. The summed E-state index contributed by atoms with van der Waals surface area (Å²) in [5.74, 6) is 0.251. The maximum atomic E-state index is 12.2. The third kappa shape index (κ3) is 2.97. The number of nitrogens with one attached hydrogen (secondary N) is 2. The maximum Gasteiger partial charge on any atom is 0.272 e. The van der Waals surface area contributed by atoms with Gasteiger partial charge in [0.2, 0.25) is 5.91 Å². The van der Waals surface area contributed by atoms with E-state index in [9.17, 15) is 14.9 Å². The van der Waals surface area contributed by atoms with E-state index in [-0.39, 0.29) is 27.9 Å². The fraction of sp³-hybridized carbons (Fsp3) is 0.562. The van der Waals surface area contributed by atoms with Crippen LogP contribution in [0.3, 0.4) is 0 Å². The van der Waals surface area contributed by atoms with E-state index < -0.39 is 0 Å². The molecule has 1 amide bonds. The molecule has 1 atom stereocenters. The fourth-order valence-corrected chi connectivity index (χ4v) is 3.54. The van der Waals surface area contributed by atoms with Crippen LogP contribution < -0.4 is 10.6 Å². The van der Waals surface area contributed by atoms with Gasteiger partial charge in [-0.05, 0) is 44.2 Å². The van der Waals surface area contributed by atoms with E-state index in [1.165, 1.54) is 6.07 Å². The van der Waals surface area contributed by atoms with Gasteiger partial charge in [0.25, 0.3) is 5.69 Å². The number of hydrogen-bond acceptors (Lipinski definition) is 4. The highest BCUT2D eigenvalue weighted by Crippen LogP contribution is 2.58. The van der Waals surface area contributed by atoms with Crippen molar-refractivity contribution >= 4 is 11.6 Å². The lowest BCUT2D eigenvalue weighted by Crippen LogP contribution is -2.34. The fourth-order valence-electron chi connectivity index (χ4n) is 3.54. The van der Waals surface area contributed by atoms with Crippen LogP contribution in [0, 0.1) is 21.4 Å². The standard InChI is InChI=1S/C16H21N3O3/c20-15(13-11-16(13)6-9-17-10-7-16)18-8-5-12-3-1-2-4-14(12)19(21)22/h1-4,13,17H,5-11H2,(H,18,20). The largest absolute Gasteiger partial charge is 0.356 e. The van der Waals surface area contributed by atoms with Crippen molar-refractivity contribution in [1.29, 1.82) is 0 Å². The average Bonchev–Trinajstić information content (AvgIpc) is 3.21. The normalized spacial score (nSPS) is 22.3. The molecule has 1 saturated carbocycles. The number of hydrogen-bond donors (Lipinski definition) is 2. The summed E-state index contributed by atoms with van der Waals surface area (Å²) in [5, 5.41) is 17.2. The second-order valence-corrected chi connectivity index (χ2v) is 6.30. The number of carbonyl (C=O) groups excluding carboxylic acids is 1. The number of carbonyl (C=O) groups is 1. The van der Waals surface area contributed by atoms with Gasteiger partial charge in [0.15, 0.2) is 0 Å². The number of para-hydroxylation sites is 1. The Kier molecular flexibility index (Phi) is 4.11. The molecule has 1 heterocycles. The van der Waals surface area contributed by atoms with Crippen LogP contribution in [-0.4, -0.2) is 30.5 Å². The molecule has 2 aliphatic rings. The van der Waals surface area contributed by atoms with Crippen LogP contribution in [0.15, 0.2) is 24.3 Å². The van der Waals surface area contributed by atoms with Crippen LogP contribution >= 0.6 is 0 Å². The minimum Gasteiger partial charge on any atom is -0.356 e. The predicted molar refractivity (Wildman–Crippen MR) is 82.5 cm³/mol. The highest BCUT2D eigenvalue weighted by Gasteiger charge is 2.57. The number of rotatable bonds is 5. The zero-order valence-electron chi connectivity index (χ0n) is 12.5. The van der Waals surface area contributed by atoms with Gasteiger partial charge in [-0.25, -0.2) is 0 Å². The van der Waals surface area contributed by atoms with E-state index in [1.807, 2.05) is 0 Å². The van der Waals surface area contributed by atoms with E-state index in [0.29, 0.717) is 18.5 Å². The van der Waals surface area contributed by atoms with Crippen molar-refractivity contribution in [3.63, 3.8) is 0 Å². The van der Waals surface area contributed by atoms with Crippen LogP contribution in [0.25, 0.3) is 0 Å². The molecule has 0 radical (unpaired) electrons. The van der Waals surface area contributed by atoms with Crippen molar-refractivity contribution in [2.75, 3.05) is 19.6 Å². The van der Waals surface area contributed by atoms with E-state index in [1.54, 1.807) is 18.2 Å². The van der Waals surface area contributed by atoms with E-state index in [2.05, 4.69) is 10.6 Å². The topological polar surface area (TPSA) is 84.3 Å². The van der Waals surface area contributed by atoms with Crippen molar-refractivity contribution < 1.29 is 9.72 Å². The molecular formula is C16H21N3O3. The van der Waals surface area contributed by atoms with Crippen molar-refractivity contribution in [3.8, 4) is 0 Å². The first kappa shape index (κ1) is 15.0. The summed E-state index contributed by atoms with van der Waals surface area (Å²) in [4.78, 5) is 22.8. The summed E-state index contributed by atoms with van der Waals surface area (Å²) in [7, 11) is 0. The first-order valence-corrected chi connectivity index (χ1v) is 7.83. The van der Waals surface area contributed by atoms with E-state index in [4.69, 9.17) is 0 Å². The Morgan fingerprint density at radius 3 is 2.82 bits per heavy atom. The summed E-state index contributed by atoms with van der Waals surface area (Å²) >= 11 is 0. The lowest BCUT2D eigenvalue weighted by Gasteiger charge is -2.23. The van der Waals surface area contributed by atoms with Crippen molar-refractivity contribution in [1.82, 2.24) is 10.6 Å². The second-order valence-electron chi connectivity index (χ2n) is 6.30. The minimum absolute atomic E-state index is 0.112. The number of nitro groups is 1. The number of nitrogens with zero attached hydrogens (tertiary/aromatic N) is 1. The Balaban J connectivity index is 1.50. The molecule has 118 valence electrons. The van der Waals surface area contributed by atoms with Crippen LogP contribution in [0.5, 0.6) is 0 Å². The van der Waals surface area contributed by atoms with Crippen molar-refractivity contribution in [2.24, 2.45) is 11.3 Å². The van der Waals surface area contributed by atoms with Crippen LogP contribution in [0.1, 0.15) is 24.8 Å². The SMILES string of the molecule is O=C(NCCc1ccccc1[N+](=O)[O-])C1CC12CCNCC2. The van der Waals surface area contributed by atoms with E-state index in [0.717, 1.165) is 32.4 Å². The Hall–Kier alpha value is -1.95. The Bertz CT molecular complexity index is 582. The summed E-state index contributed by atoms with van der Waals surface area (Å²) in [6, 6.07) is 6.69. The number of piperidine rings is 1. The molecule has 0 aromatic heterocycles. The molecule has 0 bridgehead atoms. The zero-order valence-corrected chi connectivity index (χ0v) is 12.5. The summed E-state index contributed by atoms with van der Waals surface area (Å²) in [5.41, 5.74) is 1.02. The molecule has 6 heteroatoms. The molecule has 3 rings (SSSR count). The molecular weight excluding hydrogens is 282 g/mol. The Morgan fingerprint density at radius 2 is 2.09 bits per heavy atom. The molecule has 22 heavy (non-hydrogen) atoms. The van der Waals surface area contributed by atoms with Crippen molar-refractivity contribution in [2.45, 2.75) is 25.7 Å². The number of amides is 1. The van der Waals surface area contributed by atoms with Gasteiger partial charge in [-0.1, -0.05) is 18.2 Å². The molecule has 2 N–H and O–H groups in total. The zero-order chi connectivity index (χ0) is 15.6. The quantitative estimate of drug-likeness (QED) is 0.640. The van der Waals surface area contributed by atoms with Gasteiger partial charge in [0.05, 0.1) is 4.92 Å². The third-order valence-corrected chi connectivity index (χ3v) is 4.99. The molecule has 1 aliphatic carbocycles. The highest BCUT2D eigenvalue weighted by molar-refractivity contribution is 5.82. The van der Waals surface area contributed by atoms with E-state index >= 15 is 0 Å². The number of nitro benzene ring substituents is 1. The first-order valence-electron chi connectivity index (χ1n) is 7.83. The second kappa shape index (κ2) is 6.04. The smallest absolute Gasteiger partial charge is 0.272 e. The highest BCUT2D eigenvalue weighted by atomic mass is 16.6. The molecule has 1 aliphatic heterocycles. The van der Waals surface area contributed by atoms with Gasteiger partial charge in [0, 0.05) is 24.1 Å². The molecule has 6 nitrogen and oxygen atoms in total. The lowest BCUT2D eigenvalue weighted by molar-refractivity contribution is -0.385. The Labute approximate surface area is 129 Å². The van der Waals surface area contributed by atoms with Gasteiger partial charge in [-0.15, -0.1) is 0 Å². The van der Waals surface area contributed by atoms with Crippen molar-refractivity contribution in [3.05, 3.63) is 39.9 Å². The monoisotopic (exact) mass is 303 g/mol. The third-order valence-electron chi connectivity index (χ3n) is 4.99. The number of benzene rings is 1. The van der Waals surface area contributed by atoms with Gasteiger partial charge in [-0.3, -0.25) is 14.9 Å². The van der Waals surface area contributed by atoms with Gasteiger partial charge >= 0.3 is 0 Å². The first-order chi connectivity index (χ1) is 10.6. The molecule has 1 aromatic carbocycles. The molecule has 1 spiro atoms. The average molecular weight is 303 g/mol. The van der Waals surface area contributed by atoms with Gasteiger partial charge in [-0.2, -0.15) is 0 Å². The van der Waals surface area contributed by atoms with Crippen LogP contribution in [0.2, 0.25) is 0 Å². The Morgan fingerprint density at radius 1 is 1.36 bits per heavy atom. The lowest BCUT2D eigenvalue weighted by atomic mass is 9.92. The van der Waals surface area contributed by atoms with Gasteiger partial charge < -0.3 is 10.6 Å². The van der Waals surface area contributed by atoms with Crippen LogP contribution in [-0.2, 0) is 11.2 Å².